The molecule has 3 N–H and O–H groups in total. The zero-order valence-electron chi connectivity index (χ0n) is 20.7. The smallest absolute Gasteiger partial charge is 0.229 e. The molecule has 37 heavy (non-hydrogen) atoms. The van der Waals surface area contributed by atoms with E-state index in [1.165, 1.54) is 0 Å². The Labute approximate surface area is 221 Å². The number of ether oxygens (including phenoxy) is 1. The van der Waals surface area contributed by atoms with E-state index in [0.29, 0.717) is 29.1 Å². The number of aliphatic hydroxyl groups is 1. The van der Waals surface area contributed by atoms with Crippen LogP contribution in [0.5, 0.6) is 5.75 Å². The summed E-state index contributed by atoms with van der Waals surface area (Å²) in [5.74, 6) is 1.42. The summed E-state index contributed by atoms with van der Waals surface area (Å²) in [6.07, 6.45) is 3.39. The van der Waals surface area contributed by atoms with Crippen molar-refractivity contribution in [1.82, 2.24) is 14.9 Å². The second-order valence-corrected chi connectivity index (χ2v) is 9.76. The first-order valence-electron chi connectivity index (χ1n) is 12.4. The Bertz CT molecular complexity index is 1300. The molecule has 1 aliphatic heterocycles. The Hall–Kier alpha value is -3.58. The van der Waals surface area contributed by atoms with Crippen LogP contribution in [0.4, 0.5) is 28.8 Å². The molecule has 1 saturated carbocycles. The second-order valence-electron chi connectivity index (χ2n) is 9.35. The molecule has 0 spiro atoms. The van der Waals surface area contributed by atoms with E-state index in [-0.39, 0.29) is 12.0 Å². The second kappa shape index (κ2) is 10.8. The van der Waals surface area contributed by atoms with Crippen LogP contribution in [-0.4, -0.2) is 66.4 Å². The molecule has 10 heteroatoms. The minimum absolute atomic E-state index is 0.181. The van der Waals surface area contributed by atoms with Crippen LogP contribution in [0.3, 0.4) is 0 Å². The number of aromatic nitrogens is 2. The van der Waals surface area contributed by atoms with Crippen molar-refractivity contribution in [1.29, 1.82) is 5.26 Å². The van der Waals surface area contributed by atoms with Gasteiger partial charge in [0.2, 0.25) is 5.95 Å². The van der Waals surface area contributed by atoms with E-state index in [0.717, 1.165) is 61.6 Å². The summed E-state index contributed by atoms with van der Waals surface area (Å²) in [5.41, 5.74) is 3.23. The molecule has 1 aliphatic carbocycles. The van der Waals surface area contributed by atoms with Gasteiger partial charge in [-0.05, 0) is 48.7 Å². The molecule has 0 amide bonds. The van der Waals surface area contributed by atoms with Crippen LogP contribution in [0.1, 0.15) is 18.4 Å². The lowest BCUT2D eigenvalue weighted by molar-refractivity contribution is 0.189. The number of nitrogens with zero attached hydrogens (tertiary/aromatic N) is 5. The molecule has 0 atom stereocenters. The molecule has 2 fully saturated rings. The first-order chi connectivity index (χ1) is 18.0. The van der Waals surface area contributed by atoms with Gasteiger partial charge in [0.1, 0.15) is 0 Å². The van der Waals surface area contributed by atoms with E-state index >= 15 is 0 Å². The fourth-order valence-corrected chi connectivity index (χ4v) is 4.92. The average Bonchev–Trinajstić information content (AvgIpc) is 3.72. The predicted octanol–water partition coefficient (Wildman–Crippen LogP) is 4.30. The van der Waals surface area contributed by atoms with E-state index in [9.17, 15) is 5.26 Å². The Morgan fingerprint density at radius 3 is 2.57 bits per heavy atom. The molecule has 5 rings (SSSR count). The third-order valence-electron chi connectivity index (χ3n) is 6.95. The molecule has 1 saturated heterocycles. The van der Waals surface area contributed by atoms with Gasteiger partial charge in [-0.25, -0.2) is 4.98 Å². The monoisotopic (exact) mass is 519 g/mol. The minimum Gasteiger partial charge on any atom is -0.491 e. The molecular weight excluding hydrogens is 490 g/mol. The first kappa shape index (κ1) is 25.1. The van der Waals surface area contributed by atoms with Crippen molar-refractivity contribution in [3.8, 4) is 11.8 Å². The van der Waals surface area contributed by atoms with Crippen LogP contribution >= 0.6 is 11.6 Å². The minimum atomic E-state index is -0.362. The summed E-state index contributed by atoms with van der Waals surface area (Å²) >= 11 is 6.65. The molecule has 3 aromatic rings. The highest BCUT2D eigenvalue weighted by atomic mass is 35.5. The maximum atomic E-state index is 9.55. The van der Waals surface area contributed by atoms with Gasteiger partial charge in [-0.15, -0.1) is 0 Å². The topological polar surface area (TPSA) is 110 Å². The molecule has 2 aliphatic rings. The number of nitrogens with one attached hydrogen (secondary N) is 2. The first-order valence-corrected chi connectivity index (χ1v) is 12.8. The van der Waals surface area contributed by atoms with Crippen LogP contribution in [0.2, 0.25) is 5.02 Å². The van der Waals surface area contributed by atoms with Crippen molar-refractivity contribution in [2.75, 3.05) is 62.0 Å². The number of nitriles is 1. The summed E-state index contributed by atoms with van der Waals surface area (Å²) in [5, 5.41) is 25.9. The molecule has 0 unspecified atom stereocenters. The van der Waals surface area contributed by atoms with Crippen molar-refractivity contribution in [3.63, 3.8) is 0 Å². The zero-order valence-corrected chi connectivity index (χ0v) is 21.5. The number of rotatable bonds is 9. The van der Waals surface area contributed by atoms with Gasteiger partial charge in [-0.3, -0.25) is 4.90 Å². The highest BCUT2D eigenvalue weighted by molar-refractivity contribution is 6.33. The van der Waals surface area contributed by atoms with E-state index in [1.54, 1.807) is 13.3 Å². The molecule has 2 heterocycles. The molecular formula is C27H30ClN7O2. The number of hydrogen-bond acceptors (Lipinski definition) is 9. The lowest BCUT2D eigenvalue weighted by atomic mass is 9.97. The van der Waals surface area contributed by atoms with Gasteiger partial charge in [0.05, 0.1) is 42.1 Å². The summed E-state index contributed by atoms with van der Waals surface area (Å²) in [4.78, 5) is 13.5. The number of benzene rings is 2. The highest BCUT2D eigenvalue weighted by Gasteiger charge is 2.44. The zero-order chi connectivity index (χ0) is 25.8. The number of piperazine rings is 1. The lowest BCUT2D eigenvalue weighted by Gasteiger charge is -2.36. The fourth-order valence-electron chi connectivity index (χ4n) is 4.62. The summed E-state index contributed by atoms with van der Waals surface area (Å²) in [6, 6.07) is 16.1. The SMILES string of the molecule is COc1cnc(Nc2ccc(N3CCN(CCO)CC3)c(Cl)c2)nc1Nc1cccc(C2(C#N)CC2)c1. The van der Waals surface area contributed by atoms with Crippen LogP contribution in [0.15, 0.2) is 48.7 Å². The van der Waals surface area contributed by atoms with Gasteiger partial charge in [0.15, 0.2) is 11.6 Å². The Morgan fingerprint density at radius 2 is 1.89 bits per heavy atom. The largest absolute Gasteiger partial charge is 0.491 e. The number of aliphatic hydroxyl groups excluding tert-OH is 1. The molecule has 192 valence electrons. The number of halogens is 1. The maximum absolute atomic E-state index is 9.55. The van der Waals surface area contributed by atoms with Gasteiger partial charge in [0.25, 0.3) is 0 Å². The van der Waals surface area contributed by atoms with Crippen LogP contribution in [0.25, 0.3) is 0 Å². The van der Waals surface area contributed by atoms with Crippen molar-refractivity contribution in [3.05, 3.63) is 59.2 Å². The third-order valence-corrected chi connectivity index (χ3v) is 7.25. The normalized spacial score (nSPS) is 16.6. The third kappa shape index (κ3) is 5.57. The number of β-amino-alcohol motifs (C(OH)–C–C–N with tert-alkyl or cyclic N) is 1. The van der Waals surface area contributed by atoms with E-state index < -0.39 is 0 Å². The fraction of sp³-hybridized carbons (Fsp3) is 0.370. The number of methoxy groups -OCH3 is 1. The summed E-state index contributed by atoms with van der Waals surface area (Å²) in [6.45, 7) is 4.40. The van der Waals surface area contributed by atoms with E-state index in [4.69, 9.17) is 21.4 Å². The van der Waals surface area contributed by atoms with E-state index in [2.05, 4.69) is 36.5 Å². The van der Waals surface area contributed by atoms with Gasteiger partial charge in [-0.2, -0.15) is 10.2 Å². The Balaban J connectivity index is 1.30. The lowest BCUT2D eigenvalue weighted by Crippen LogP contribution is -2.47. The van der Waals surface area contributed by atoms with Gasteiger partial charge < -0.3 is 25.4 Å². The average molecular weight is 520 g/mol. The quantitative estimate of drug-likeness (QED) is 0.381. The van der Waals surface area contributed by atoms with Crippen LogP contribution in [-0.2, 0) is 5.41 Å². The highest BCUT2D eigenvalue weighted by Crippen LogP contribution is 2.48. The number of anilines is 5. The van der Waals surface area contributed by atoms with Crippen LogP contribution in [0, 0.1) is 11.3 Å². The maximum Gasteiger partial charge on any atom is 0.229 e. The van der Waals surface area contributed by atoms with E-state index in [1.807, 2.05) is 42.5 Å². The molecule has 2 aromatic carbocycles. The van der Waals surface area contributed by atoms with Gasteiger partial charge in [-0.1, -0.05) is 23.7 Å². The Morgan fingerprint density at radius 1 is 1.11 bits per heavy atom. The van der Waals surface area contributed by atoms with Crippen molar-refractivity contribution >= 4 is 40.4 Å². The molecule has 0 radical (unpaired) electrons. The van der Waals surface area contributed by atoms with Crippen molar-refractivity contribution in [2.45, 2.75) is 18.3 Å². The van der Waals surface area contributed by atoms with Gasteiger partial charge in [0, 0.05) is 44.1 Å². The predicted molar refractivity (Wildman–Crippen MR) is 145 cm³/mol. The molecule has 1 aromatic heterocycles. The van der Waals surface area contributed by atoms with Crippen molar-refractivity contribution < 1.29 is 9.84 Å². The number of hydrogen-bond donors (Lipinski definition) is 3. The standard InChI is InChI=1S/C27H30ClN7O2/c1-37-24-17-30-26(33-25(24)31-20-4-2-3-19(15-20)27(18-29)7-8-27)32-21-5-6-23(22(28)16-21)35-11-9-34(10-12-35)13-14-36/h2-6,15-17,36H,7-14H2,1H3,(H2,30,31,32,33). The summed E-state index contributed by atoms with van der Waals surface area (Å²) in [7, 11) is 1.57. The summed E-state index contributed by atoms with van der Waals surface area (Å²) < 4.78 is 5.47. The Kier molecular flexibility index (Phi) is 7.33. The molecule has 9 nitrogen and oxygen atoms in total. The van der Waals surface area contributed by atoms with Crippen molar-refractivity contribution in [2.24, 2.45) is 0 Å². The molecule has 0 bridgehead atoms. The van der Waals surface area contributed by atoms with Gasteiger partial charge >= 0.3 is 0 Å². The van der Waals surface area contributed by atoms with Crippen LogP contribution < -0.4 is 20.3 Å².